The zero-order chi connectivity index (χ0) is 28.8. The van der Waals surface area contributed by atoms with Crippen LogP contribution in [0.5, 0.6) is 0 Å². The average molecular weight is 537 g/mol. The molecule has 0 atom stereocenters. The second-order valence-corrected chi connectivity index (χ2v) is 12.1. The van der Waals surface area contributed by atoms with Gasteiger partial charge in [-0.15, -0.1) is 0 Å². The topological polar surface area (TPSA) is 26.3 Å². The summed E-state index contributed by atoms with van der Waals surface area (Å²) in [6, 6.07) is 0. The molecule has 0 amide bonds. The number of hydrogen-bond donors (Lipinski definition) is 0. The van der Waals surface area contributed by atoms with Crippen molar-refractivity contribution in [1.82, 2.24) is 0 Å². The molecular formula is C37H60O2. The Morgan fingerprint density at radius 2 is 1.51 bits per heavy atom. The second kappa shape index (κ2) is 21.7. The van der Waals surface area contributed by atoms with E-state index in [2.05, 4.69) is 77.2 Å². The molecule has 1 rings (SSSR count). The van der Waals surface area contributed by atoms with E-state index >= 15 is 0 Å². The van der Waals surface area contributed by atoms with Crippen LogP contribution >= 0.6 is 0 Å². The largest absolute Gasteiger partial charge is 0.461 e. The van der Waals surface area contributed by atoms with E-state index in [0.717, 1.165) is 18.4 Å². The predicted molar refractivity (Wildman–Crippen MR) is 172 cm³/mol. The van der Waals surface area contributed by atoms with Crippen molar-refractivity contribution in [2.24, 2.45) is 5.41 Å². The van der Waals surface area contributed by atoms with Gasteiger partial charge in [0.15, 0.2) is 0 Å². The van der Waals surface area contributed by atoms with Crippen molar-refractivity contribution in [3.8, 4) is 0 Å². The third kappa shape index (κ3) is 18.0. The summed E-state index contributed by atoms with van der Waals surface area (Å²) in [7, 11) is 0. The van der Waals surface area contributed by atoms with Crippen LogP contribution < -0.4 is 0 Å². The number of ether oxygens (including phenoxy) is 1. The highest BCUT2D eigenvalue weighted by molar-refractivity contribution is 5.69. The Morgan fingerprint density at radius 3 is 2.18 bits per heavy atom. The first-order valence-electron chi connectivity index (χ1n) is 16.0. The maximum atomic E-state index is 12.0. The molecule has 1 aliphatic rings. The maximum absolute atomic E-state index is 12.0. The summed E-state index contributed by atoms with van der Waals surface area (Å²) in [6.45, 7) is 13.8. The van der Waals surface area contributed by atoms with Gasteiger partial charge in [-0.1, -0.05) is 125 Å². The SMILES string of the molecule is CCCCCCC/C=C\CCCCCCCC(=O)OC/C=C(C)/C=C/C=C(C)/C=C/C1=C(C)CCCC1(C)C. The van der Waals surface area contributed by atoms with Crippen LogP contribution in [0.3, 0.4) is 0 Å². The molecule has 0 aromatic heterocycles. The molecule has 0 unspecified atom stereocenters. The van der Waals surface area contributed by atoms with Gasteiger partial charge in [-0.25, -0.2) is 0 Å². The number of hydrogen-bond acceptors (Lipinski definition) is 2. The van der Waals surface area contributed by atoms with Gasteiger partial charge in [0.2, 0.25) is 0 Å². The summed E-state index contributed by atoms with van der Waals surface area (Å²) in [6.07, 6.45) is 36.8. The van der Waals surface area contributed by atoms with Gasteiger partial charge in [-0.3, -0.25) is 4.79 Å². The summed E-state index contributed by atoms with van der Waals surface area (Å²) in [4.78, 5) is 12.0. The predicted octanol–water partition coefficient (Wildman–Crippen LogP) is 11.7. The van der Waals surface area contributed by atoms with Gasteiger partial charge in [0.1, 0.15) is 6.61 Å². The molecule has 0 aromatic carbocycles. The molecule has 2 nitrogen and oxygen atoms in total. The van der Waals surface area contributed by atoms with Crippen LogP contribution in [-0.4, -0.2) is 12.6 Å². The minimum absolute atomic E-state index is 0.0824. The number of carbonyl (C=O) groups is 1. The highest BCUT2D eigenvalue weighted by Gasteiger charge is 2.26. The minimum Gasteiger partial charge on any atom is -0.461 e. The van der Waals surface area contributed by atoms with Gasteiger partial charge in [-0.2, -0.15) is 0 Å². The summed E-state index contributed by atoms with van der Waals surface area (Å²) in [5.74, 6) is -0.0824. The van der Waals surface area contributed by atoms with Gasteiger partial charge < -0.3 is 4.74 Å². The van der Waals surface area contributed by atoms with E-state index in [9.17, 15) is 4.79 Å². The Morgan fingerprint density at radius 1 is 0.872 bits per heavy atom. The fraction of sp³-hybridized carbons (Fsp3) is 0.649. The Bertz CT molecular complexity index is 860. The Kier molecular flexibility index (Phi) is 19.4. The maximum Gasteiger partial charge on any atom is 0.306 e. The van der Waals surface area contributed by atoms with Crippen LogP contribution in [0.25, 0.3) is 0 Å². The highest BCUT2D eigenvalue weighted by Crippen LogP contribution is 2.40. The van der Waals surface area contributed by atoms with Crippen molar-refractivity contribution >= 4 is 5.97 Å². The third-order valence-corrected chi connectivity index (χ3v) is 7.82. The summed E-state index contributed by atoms with van der Waals surface area (Å²) in [5, 5.41) is 0. The van der Waals surface area contributed by atoms with Gasteiger partial charge in [0.25, 0.3) is 0 Å². The zero-order valence-corrected chi connectivity index (χ0v) is 26.5. The molecule has 1 aliphatic carbocycles. The molecule has 0 aromatic rings. The van der Waals surface area contributed by atoms with E-state index in [1.165, 1.54) is 100 Å². The molecule has 0 bridgehead atoms. The molecule has 0 saturated carbocycles. The number of unbranched alkanes of at least 4 members (excludes halogenated alkanes) is 10. The van der Waals surface area contributed by atoms with Crippen LogP contribution in [0.2, 0.25) is 0 Å². The van der Waals surface area contributed by atoms with Crippen molar-refractivity contribution in [2.75, 3.05) is 6.61 Å². The van der Waals surface area contributed by atoms with Crippen LogP contribution in [0.15, 0.2) is 70.9 Å². The van der Waals surface area contributed by atoms with E-state index in [1.807, 2.05) is 13.0 Å². The first-order valence-corrected chi connectivity index (χ1v) is 16.0. The lowest BCUT2D eigenvalue weighted by atomic mass is 9.72. The third-order valence-electron chi connectivity index (χ3n) is 7.82. The lowest BCUT2D eigenvalue weighted by Crippen LogP contribution is -2.19. The van der Waals surface area contributed by atoms with Gasteiger partial charge >= 0.3 is 5.97 Å². The average Bonchev–Trinajstić information content (AvgIpc) is 2.88. The highest BCUT2D eigenvalue weighted by atomic mass is 16.5. The van der Waals surface area contributed by atoms with Crippen LogP contribution in [0.1, 0.15) is 144 Å². The number of allylic oxidation sites excluding steroid dienone is 11. The number of esters is 1. The van der Waals surface area contributed by atoms with Crippen LogP contribution in [0, 0.1) is 5.41 Å². The Labute approximate surface area is 242 Å². The van der Waals surface area contributed by atoms with E-state index in [0.29, 0.717) is 13.0 Å². The van der Waals surface area contributed by atoms with Gasteiger partial charge in [-0.05, 0) is 89.2 Å². The molecule has 0 heterocycles. The van der Waals surface area contributed by atoms with Crippen molar-refractivity contribution in [1.29, 1.82) is 0 Å². The minimum atomic E-state index is -0.0824. The van der Waals surface area contributed by atoms with Crippen molar-refractivity contribution in [2.45, 2.75) is 144 Å². The van der Waals surface area contributed by atoms with E-state index < -0.39 is 0 Å². The van der Waals surface area contributed by atoms with E-state index in [1.54, 1.807) is 0 Å². The molecule has 0 radical (unpaired) electrons. The van der Waals surface area contributed by atoms with Gasteiger partial charge in [0, 0.05) is 6.42 Å². The molecule has 220 valence electrons. The van der Waals surface area contributed by atoms with Crippen molar-refractivity contribution in [3.05, 3.63) is 70.9 Å². The van der Waals surface area contributed by atoms with Gasteiger partial charge in [0.05, 0.1) is 0 Å². The normalized spacial score (nSPS) is 16.8. The fourth-order valence-electron chi connectivity index (χ4n) is 5.20. The molecule has 2 heteroatoms. The first-order chi connectivity index (χ1) is 18.8. The number of carbonyl (C=O) groups excluding carboxylic acids is 1. The first kappa shape index (κ1) is 34.9. The van der Waals surface area contributed by atoms with E-state index in [-0.39, 0.29) is 11.4 Å². The molecule has 0 spiro atoms. The molecule has 0 saturated heterocycles. The Balaban J connectivity index is 2.14. The number of rotatable bonds is 20. The smallest absolute Gasteiger partial charge is 0.306 e. The monoisotopic (exact) mass is 536 g/mol. The molecule has 0 aliphatic heterocycles. The quantitative estimate of drug-likeness (QED) is 0.0669. The standard InChI is InChI=1S/C37H60O2/c1-7-8-9-10-11-12-13-14-15-16-17-18-19-20-26-36(38)39-31-29-33(3)24-21-23-32(2)27-28-35-34(4)25-22-30-37(35,5)6/h13-14,21,23-24,27-29H,7-12,15-20,22,25-26,30-31H2,1-6H3/b14-13-,24-21+,28-27+,32-23+,33-29+. The summed E-state index contributed by atoms with van der Waals surface area (Å²) >= 11 is 0. The lowest BCUT2D eigenvalue weighted by molar-refractivity contribution is -0.142. The van der Waals surface area contributed by atoms with Crippen molar-refractivity contribution in [3.63, 3.8) is 0 Å². The molecule has 39 heavy (non-hydrogen) atoms. The molecule has 0 N–H and O–H groups in total. The van der Waals surface area contributed by atoms with Crippen molar-refractivity contribution < 1.29 is 9.53 Å². The second-order valence-electron chi connectivity index (χ2n) is 12.1. The zero-order valence-electron chi connectivity index (χ0n) is 26.5. The molecular weight excluding hydrogens is 476 g/mol. The summed E-state index contributed by atoms with van der Waals surface area (Å²) < 4.78 is 5.40. The van der Waals surface area contributed by atoms with Crippen LogP contribution in [-0.2, 0) is 9.53 Å². The Hall–Kier alpha value is -2.09. The molecule has 0 fully saturated rings. The van der Waals surface area contributed by atoms with E-state index in [4.69, 9.17) is 4.74 Å². The fourth-order valence-corrected chi connectivity index (χ4v) is 5.20. The summed E-state index contributed by atoms with van der Waals surface area (Å²) in [5.41, 5.74) is 5.64. The lowest BCUT2D eigenvalue weighted by Gasteiger charge is -2.32. The van der Waals surface area contributed by atoms with Crippen LogP contribution in [0.4, 0.5) is 0 Å².